The van der Waals surface area contributed by atoms with Crippen LogP contribution in [0.25, 0.3) is 10.8 Å². The summed E-state index contributed by atoms with van der Waals surface area (Å²) in [5, 5.41) is 2.19. The Morgan fingerprint density at radius 2 is 1.89 bits per heavy atom. The average Bonchev–Trinajstić information content (AvgIpc) is 2.59. The van der Waals surface area contributed by atoms with Gasteiger partial charge in [-0.15, -0.1) is 0 Å². The molecule has 0 heterocycles. The van der Waals surface area contributed by atoms with Gasteiger partial charge in [0, 0.05) is 22.9 Å². The number of Topliss-reactive ketones (excluding diaryl/α,β-unsaturated/α-hetero) is 1. The lowest BCUT2D eigenvalue weighted by molar-refractivity contribution is 0.0982. The van der Waals surface area contributed by atoms with E-state index in [1.54, 1.807) is 7.11 Å². The molecule has 0 radical (unpaired) electrons. The monoisotopic (exact) mass is 240 g/mol. The second-order valence-corrected chi connectivity index (χ2v) is 4.79. The van der Waals surface area contributed by atoms with Crippen LogP contribution < -0.4 is 4.74 Å². The lowest BCUT2D eigenvalue weighted by Crippen LogP contribution is -2.03. The SMILES string of the molecule is COc1c2c(cc3ccccc13)C(=O)CCCC2. The van der Waals surface area contributed by atoms with Crippen LogP contribution in [-0.4, -0.2) is 12.9 Å². The number of carbonyl (C=O) groups is 1. The van der Waals surface area contributed by atoms with Crippen molar-refractivity contribution in [2.75, 3.05) is 7.11 Å². The molecule has 0 atom stereocenters. The molecule has 0 spiro atoms. The van der Waals surface area contributed by atoms with E-state index >= 15 is 0 Å². The van der Waals surface area contributed by atoms with Gasteiger partial charge in [-0.1, -0.05) is 24.3 Å². The van der Waals surface area contributed by atoms with Crippen LogP contribution in [0, 0.1) is 0 Å². The Morgan fingerprint density at radius 1 is 1.11 bits per heavy atom. The molecule has 2 nitrogen and oxygen atoms in total. The first-order valence-electron chi connectivity index (χ1n) is 6.43. The van der Waals surface area contributed by atoms with Crippen LogP contribution in [0.15, 0.2) is 30.3 Å². The lowest BCUT2D eigenvalue weighted by Gasteiger charge is -2.14. The van der Waals surface area contributed by atoms with Crippen LogP contribution >= 0.6 is 0 Å². The van der Waals surface area contributed by atoms with Crippen molar-refractivity contribution in [3.05, 3.63) is 41.5 Å². The zero-order valence-electron chi connectivity index (χ0n) is 10.5. The second-order valence-electron chi connectivity index (χ2n) is 4.79. The molecule has 2 aromatic carbocycles. The summed E-state index contributed by atoms with van der Waals surface area (Å²) in [7, 11) is 1.69. The Bertz CT molecular complexity index is 614. The molecule has 0 bridgehead atoms. The van der Waals surface area contributed by atoms with Gasteiger partial charge in [0.05, 0.1) is 7.11 Å². The summed E-state index contributed by atoms with van der Waals surface area (Å²) in [4.78, 5) is 12.2. The molecule has 0 fully saturated rings. The first-order chi connectivity index (χ1) is 8.81. The third-order valence-electron chi connectivity index (χ3n) is 3.69. The molecule has 0 aromatic heterocycles. The topological polar surface area (TPSA) is 26.3 Å². The Balaban J connectivity index is 2.36. The van der Waals surface area contributed by atoms with Crippen molar-refractivity contribution in [1.29, 1.82) is 0 Å². The number of ketones is 1. The van der Waals surface area contributed by atoms with Crippen molar-refractivity contribution in [3.63, 3.8) is 0 Å². The Kier molecular flexibility index (Phi) is 2.78. The van der Waals surface area contributed by atoms with E-state index in [2.05, 4.69) is 6.07 Å². The van der Waals surface area contributed by atoms with E-state index in [4.69, 9.17) is 4.74 Å². The number of rotatable bonds is 1. The predicted octanol–water partition coefficient (Wildman–Crippen LogP) is 3.76. The molecule has 18 heavy (non-hydrogen) atoms. The van der Waals surface area contributed by atoms with Gasteiger partial charge >= 0.3 is 0 Å². The highest BCUT2D eigenvalue weighted by molar-refractivity contribution is 6.04. The maximum absolute atomic E-state index is 12.2. The van der Waals surface area contributed by atoms with E-state index in [1.165, 1.54) is 0 Å². The van der Waals surface area contributed by atoms with Crippen molar-refractivity contribution in [3.8, 4) is 5.75 Å². The van der Waals surface area contributed by atoms with Gasteiger partial charge in [-0.05, 0) is 30.7 Å². The summed E-state index contributed by atoms with van der Waals surface area (Å²) in [6, 6.07) is 10.1. The molecule has 0 aliphatic heterocycles. The minimum Gasteiger partial charge on any atom is -0.496 e. The van der Waals surface area contributed by atoms with Crippen LogP contribution in [0.3, 0.4) is 0 Å². The minimum absolute atomic E-state index is 0.256. The first-order valence-corrected chi connectivity index (χ1v) is 6.43. The molecule has 3 rings (SSSR count). The largest absolute Gasteiger partial charge is 0.496 e. The minimum atomic E-state index is 0.256. The molecular weight excluding hydrogens is 224 g/mol. The summed E-state index contributed by atoms with van der Waals surface area (Å²) < 4.78 is 5.58. The van der Waals surface area contributed by atoms with Crippen LogP contribution in [-0.2, 0) is 6.42 Å². The van der Waals surface area contributed by atoms with Gasteiger partial charge in [0.15, 0.2) is 5.78 Å². The molecule has 0 saturated heterocycles. The Morgan fingerprint density at radius 3 is 2.72 bits per heavy atom. The third-order valence-corrected chi connectivity index (χ3v) is 3.69. The van der Waals surface area contributed by atoms with Crippen LogP contribution in [0.4, 0.5) is 0 Å². The van der Waals surface area contributed by atoms with Crippen LogP contribution in [0.1, 0.15) is 35.2 Å². The number of hydrogen-bond donors (Lipinski definition) is 0. The lowest BCUT2D eigenvalue weighted by atomic mass is 9.95. The average molecular weight is 240 g/mol. The second kappa shape index (κ2) is 4.45. The Hall–Kier alpha value is -1.83. The fourth-order valence-electron chi connectivity index (χ4n) is 2.81. The number of hydrogen-bond acceptors (Lipinski definition) is 2. The van der Waals surface area contributed by atoms with E-state index in [1.807, 2.05) is 24.3 Å². The zero-order valence-corrected chi connectivity index (χ0v) is 10.5. The summed E-state index contributed by atoms with van der Waals surface area (Å²) in [5.74, 6) is 1.14. The molecule has 92 valence electrons. The highest BCUT2D eigenvalue weighted by atomic mass is 16.5. The van der Waals surface area contributed by atoms with Crippen molar-refractivity contribution in [2.45, 2.75) is 25.7 Å². The van der Waals surface area contributed by atoms with Crippen LogP contribution in [0.5, 0.6) is 5.75 Å². The van der Waals surface area contributed by atoms with E-state index in [0.29, 0.717) is 6.42 Å². The maximum Gasteiger partial charge on any atom is 0.163 e. The molecule has 1 aliphatic rings. The molecule has 0 amide bonds. The fourth-order valence-corrected chi connectivity index (χ4v) is 2.81. The zero-order chi connectivity index (χ0) is 12.5. The highest BCUT2D eigenvalue weighted by Crippen LogP contribution is 2.36. The van der Waals surface area contributed by atoms with Crippen molar-refractivity contribution in [1.82, 2.24) is 0 Å². The summed E-state index contributed by atoms with van der Waals surface area (Å²) >= 11 is 0. The molecular formula is C16H16O2. The number of fused-ring (bicyclic) bond motifs is 2. The molecule has 2 heteroatoms. The van der Waals surface area contributed by atoms with Gasteiger partial charge in [0.2, 0.25) is 0 Å². The molecule has 1 aliphatic carbocycles. The van der Waals surface area contributed by atoms with Crippen molar-refractivity contribution < 1.29 is 9.53 Å². The van der Waals surface area contributed by atoms with Gasteiger partial charge < -0.3 is 4.74 Å². The van der Waals surface area contributed by atoms with E-state index < -0.39 is 0 Å². The molecule has 0 saturated carbocycles. The quantitative estimate of drug-likeness (QED) is 0.709. The van der Waals surface area contributed by atoms with Gasteiger partial charge in [-0.2, -0.15) is 0 Å². The predicted molar refractivity (Wildman–Crippen MR) is 72.4 cm³/mol. The fraction of sp³-hybridized carbons (Fsp3) is 0.312. The maximum atomic E-state index is 12.2. The molecule has 0 unspecified atom stereocenters. The number of ether oxygens (including phenoxy) is 1. The highest BCUT2D eigenvalue weighted by Gasteiger charge is 2.21. The van der Waals surface area contributed by atoms with Crippen molar-refractivity contribution in [2.24, 2.45) is 0 Å². The summed E-state index contributed by atoms with van der Waals surface area (Å²) in [6.45, 7) is 0. The standard InChI is InChI=1S/C16H16O2/c1-18-16-12-7-3-2-6-11(12)10-14-13(16)8-4-5-9-15(14)17/h2-3,6-7,10H,4-5,8-9H2,1H3. The summed E-state index contributed by atoms with van der Waals surface area (Å²) in [5.41, 5.74) is 1.96. The third kappa shape index (κ3) is 1.69. The molecule has 2 aromatic rings. The smallest absolute Gasteiger partial charge is 0.163 e. The van der Waals surface area contributed by atoms with Crippen molar-refractivity contribution >= 4 is 16.6 Å². The van der Waals surface area contributed by atoms with Gasteiger partial charge in [-0.3, -0.25) is 4.79 Å². The van der Waals surface area contributed by atoms with E-state index in [-0.39, 0.29) is 5.78 Å². The van der Waals surface area contributed by atoms with Gasteiger partial charge in [-0.25, -0.2) is 0 Å². The van der Waals surface area contributed by atoms with Gasteiger partial charge in [0.25, 0.3) is 0 Å². The van der Waals surface area contributed by atoms with E-state index in [9.17, 15) is 4.79 Å². The normalized spacial score (nSPS) is 15.3. The number of methoxy groups -OCH3 is 1. The number of benzene rings is 2. The Labute approximate surface area is 107 Å². The summed E-state index contributed by atoms with van der Waals surface area (Å²) in [6.07, 6.45) is 3.64. The molecule has 0 N–H and O–H groups in total. The van der Waals surface area contributed by atoms with Crippen LogP contribution in [0.2, 0.25) is 0 Å². The van der Waals surface area contributed by atoms with Gasteiger partial charge in [0.1, 0.15) is 5.75 Å². The van der Waals surface area contributed by atoms with E-state index in [0.717, 1.165) is 46.9 Å². The first kappa shape index (κ1) is 11.3. The number of carbonyl (C=O) groups excluding carboxylic acids is 1.